The Morgan fingerprint density at radius 2 is 1.69 bits per heavy atom. The molecule has 0 saturated heterocycles. The van der Waals surface area contributed by atoms with Crippen LogP contribution in [0.5, 0.6) is 0 Å². The van der Waals surface area contributed by atoms with Gasteiger partial charge in [-0.15, -0.1) is 0 Å². The van der Waals surface area contributed by atoms with Crippen LogP contribution in [0.4, 0.5) is 11.8 Å². The normalized spacial score (nSPS) is 14.2. The summed E-state index contributed by atoms with van der Waals surface area (Å²) in [5.74, 6) is 0.863. The number of hydrogen-bond acceptors (Lipinski definition) is 7. The molecular formula is C31H34ClN7O3. The average Bonchev–Trinajstić information content (AvgIpc) is 3.55. The molecule has 1 atom stereocenters. The number of carboxylic acids is 1. The van der Waals surface area contributed by atoms with Gasteiger partial charge in [0.05, 0.1) is 5.56 Å². The van der Waals surface area contributed by atoms with Crippen LogP contribution in [0.1, 0.15) is 60.0 Å². The predicted octanol–water partition coefficient (Wildman–Crippen LogP) is 5.69. The SMILES string of the molecule is O=C(O)c1ccc(CNc2nc(NC(CC3CCCCC3)C(=O)NCc3ccc(Cl)cc3)cc(-n3ccnc3)n2)cc1. The minimum absolute atomic E-state index is 0.0913. The van der Waals surface area contributed by atoms with Crippen LogP contribution >= 0.6 is 11.6 Å². The van der Waals surface area contributed by atoms with E-state index in [9.17, 15) is 9.59 Å². The molecular weight excluding hydrogens is 554 g/mol. The van der Waals surface area contributed by atoms with E-state index in [-0.39, 0.29) is 11.5 Å². The van der Waals surface area contributed by atoms with E-state index in [1.54, 1.807) is 53.6 Å². The Bertz CT molecular complexity index is 1470. The molecule has 0 spiro atoms. The highest BCUT2D eigenvalue weighted by Crippen LogP contribution is 2.28. The molecule has 4 N–H and O–H groups in total. The lowest BCUT2D eigenvalue weighted by atomic mass is 9.84. The summed E-state index contributed by atoms with van der Waals surface area (Å²) in [5, 5.41) is 19.5. The van der Waals surface area contributed by atoms with E-state index in [1.807, 2.05) is 24.3 Å². The molecule has 11 heteroatoms. The number of halogens is 1. The maximum Gasteiger partial charge on any atom is 0.335 e. The Hall–Kier alpha value is -4.44. The first-order valence-electron chi connectivity index (χ1n) is 14.1. The Kier molecular flexibility index (Phi) is 9.66. The quantitative estimate of drug-likeness (QED) is 0.166. The van der Waals surface area contributed by atoms with Crippen LogP contribution in [-0.4, -0.2) is 42.5 Å². The number of anilines is 2. The van der Waals surface area contributed by atoms with Gasteiger partial charge >= 0.3 is 5.97 Å². The molecule has 0 aliphatic heterocycles. The number of amides is 1. The maximum absolute atomic E-state index is 13.5. The summed E-state index contributed by atoms with van der Waals surface area (Å²) in [6, 6.07) is 15.4. The van der Waals surface area contributed by atoms with Crippen molar-refractivity contribution in [3.05, 3.63) is 95.0 Å². The Labute approximate surface area is 249 Å². The van der Waals surface area contributed by atoms with E-state index >= 15 is 0 Å². The number of carbonyl (C=O) groups excluding carboxylic acids is 1. The van der Waals surface area contributed by atoms with E-state index in [1.165, 1.54) is 19.3 Å². The Morgan fingerprint density at radius 1 is 0.976 bits per heavy atom. The molecule has 0 bridgehead atoms. The first-order valence-corrected chi connectivity index (χ1v) is 14.5. The number of carbonyl (C=O) groups is 2. The third kappa shape index (κ3) is 8.07. The van der Waals surface area contributed by atoms with E-state index in [2.05, 4.69) is 25.9 Å². The van der Waals surface area contributed by atoms with Crippen molar-refractivity contribution in [1.29, 1.82) is 0 Å². The zero-order chi connectivity index (χ0) is 29.3. The molecule has 2 aromatic heterocycles. The van der Waals surface area contributed by atoms with Gasteiger partial charge in [0.2, 0.25) is 11.9 Å². The Morgan fingerprint density at radius 3 is 2.38 bits per heavy atom. The van der Waals surface area contributed by atoms with Crippen molar-refractivity contribution >= 4 is 35.2 Å². The molecule has 1 fully saturated rings. The van der Waals surface area contributed by atoms with Crippen LogP contribution in [0, 0.1) is 5.92 Å². The lowest BCUT2D eigenvalue weighted by Crippen LogP contribution is -2.41. The van der Waals surface area contributed by atoms with E-state index < -0.39 is 12.0 Å². The highest BCUT2D eigenvalue weighted by molar-refractivity contribution is 6.30. The molecule has 5 rings (SSSR count). The number of imidazole rings is 1. The van der Waals surface area contributed by atoms with Crippen molar-refractivity contribution in [3.8, 4) is 5.82 Å². The number of carboxylic acid groups (broad SMARTS) is 1. The molecule has 1 unspecified atom stereocenters. The van der Waals surface area contributed by atoms with Crippen molar-refractivity contribution in [2.45, 2.75) is 57.7 Å². The van der Waals surface area contributed by atoms with Crippen LogP contribution in [0.2, 0.25) is 5.02 Å². The van der Waals surface area contributed by atoms with Gasteiger partial charge in [-0.1, -0.05) is 68.0 Å². The highest BCUT2D eigenvalue weighted by Gasteiger charge is 2.25. The molecule has 4 aromatic rings. The standard InChI is InChI=1S/C31H34ClN7O3/c32-25-12-8-23(9-13-25)18-34-29(40)26(16-21-4-2-1-3-5-21)36-27-17-28(39-15-14-33-20-39)38-31(37-27)35-19-22-6-10-24(11-7-22)30(41)42/h6-15,17,20-21,26H,1-5,16,18-19H2,(H,34,40)(H,41,42)(H2,35,36,37,38). The van der Waals surface area contributed by atoms with Crippen molar-refractivity contribution in [3.63, 3.8) is 0 Å². The Balaban J connectivity index is 1.35. The van der Waals surface area contributed by atoms with Gasteiger partial charge in [0.15, 0.2) is 0 Å². The zero-order valence-electron chi connectivity index (χ0n) is 23.2. The molecule has 42 heavy (non-hydrogen) atoms. The van der Waals surface area contributed by atoms with Crippen LogP contribution in [0.3, 0.4) is 0 Å². The molecule has 1 saturated carbocycles. The number of nitrogens with zero attached hydrogens (tertiary/aromatic N) is 4. The van der Waals surface area contributed by atoms with Crippen LogP contribution < -0.4 is 16.0 Å². The molecule has 1 amide bonds. The van der Waals surface area contributed by atoms with Crippen molar-refractivity contribution in [1.82, 2.24) is 24.8 Å². The summed E-state index contributed by atoms with van der Waals surface area (Å²) < 4.78 is 1.77. The second-order valence-corrected chi connectivity index (χ2v) is 11.0. The molecule has 2 heterocycles. The molecule has 1 aliphatic carbocycles. The van der Waals surface area contributed by atoms with Crippen molar-refractivity contribution < 1.29 is 14.7 Å². The fraction of sp³-hybridized carbons (Fsp3) is 0.323. The third-order valence-electron chi connectivity index (χ3n) is 7.45. The van der Waals surface area contributed by atoms with Crippen molar-refractivity contribution in [2.24, 2.45) is 5.92 Å². The smallest absolute Gasteiger partial charge is 0.335 e. The van der Waals surface area contributed by atoms with Crippen LogP contribution in [0.15, 0.2) is 73.3 Å². The summed E-state index contributed by atoms with van der Waals surface area (Å²) in [4.78, 5) is 38.2. The molecule has 2 aromatic carbocycles. The fourth-order valence-corrected chi connectivity index (χ4v) is 5.27. The largest absolute Gasteiger partial charge is 0.478 e. The second-order valence-electron chi connectivity index (χ2n) is 10.5. The van der Waals surface area contributed by atoms with Gasteiger partial charge in [0.1, 0.15) is 24.0 Å². The fourth-order valence-electron chi connectivity index (χ4n) is 5.14. The molecule has 0 radical (unpaired) electrons. The second kappa shape index (κ2) is 14.0. The van der Waals surface area contributed by atoms with Crippen LogP contribution in [0.25, 0.3) is 5.82 Å². The van der Waals surface area contributed by atoms with Gasteiger partial charge in [-0.25, -0.2) is 9.78 Å². The van der Waals surface area contributed by atoms with Crippen LogP contribution in [-0.2, 0) is 17.9 Å². The first kappa shape index (κ1) is 29.1. The van der Waals surface area contributed by atoms with E-state index in [4.69, 9.17) is 21.7 Å². The van der Waals surface area contributed by atoms with Gasteiger partial charge in [-0.3, -0.25) is 9.36 Å². The average molecular weight is 588 g/mol. The number of nitrogens with one attached hydrogen (secondary N) is 3. The van der Waals surface area contributed by atoms with Gasteiger partial charge in [0, 0.05) is 36.6 Å². The lowest BCUT2D eigenvalue weighted by molar-refractivity contribution is -0.122. The monoisotopic (exact) mass is 587 g/mol. The summed E-state index contributed by atoms with van der Waals surface area (Å²) in [5.41, 5.74) is 2.07. The maximum atomic E-state index is 13.5. The summed E-state index contributed by atoms with van der Waals surface area (Å²) in [6.07, 6.45) is 11.6. The number of benzene rings is 2. The number of aromatic carboxylic acids is 1. The zero-order valence-corrected chi connectivity index (χ0v) is 23.9. The van der Waals surface area contributed by atoms with Gasteiger partial charge < -0.3 is 21.1 Å². The van der Waals surface area contributed by atoms with Gasteiger partial charge in [-0.05, 0) is 47.7 Å². The number of rotatable bonds is 12. The minimum Gasteiger partial charge on any atom is -0.478 e. The minimum atomic E-state index is -0.971. The topological polar surface area (TPSA) is 134 Å². The molecule has 10 nitrogen and oxygen atoms in total. The summed E-state index contributed by atoms with van der Waals surface area (Å²) in [6.45, 7) is 0.788. The summed E-state index contributed by atoms with van der Waals surface area (Å²) in [7, 11) is 0. The molecule has 218 valence electrons. The van der Waals surface area contributed by atoms with Gasteiger partial charge in [0.25, 0.3) is 0 Å². The summed E-state index contributed by atoms with van der Waals surface area (Å²) >= 11 is 6.02. The predicted molar refractivity (Wildman–Crippen MR) is 162 cm³/mol. The number of hydrogen-bond donors (Lipinski definition) is 4. The number of aromatic nitrogens is 4. The van der Waals surface area contributed by atoms with E-state index in [0.717, 1.165) is 24.0 Å². The molecule has 1 aliphatic rings. The highest BCUT2D eigenvalue weighted by atomic mass is 35.5. The first-order chi connectivity index (χ1) is 20.4. The van der Waals surface area contributed by atoms with Gasteiger partial charge in [-0.2, -0.15) is 9.97 Å². The van der Waals surface area contributed by atoms with Crippen molar-refractivity contribution in [2.75, 3.05) is 10.6 Å². The third-order valence-corrected chi connectivity index (χ3v) is 7.70. The lowest BCUT2D eigenvalue weighted by Gasteiger charge is -2.27. The van der Waals surface area contributed by atoms with E-state index in [0.29, 0.717) is 48.0 Å².